The van der Waals surface area contributed by atoms with Gasteiger partial charge in [0.15, 0.2) is 0 Å². The molecule has 19 heteroatoms. The highest BCUT2D eigenvalue weighted by molar-refractivity contribution is 6.13. The number of aromatic carboxylic acids is 2. The number of nitrogens with one attached hydrogen (secondary N) is 3. The van der Waals surface area contributed by atoms with E-state index >= 15 is 0 Å². The predicted molar refractivity (Wildman–Crippen MR) is 251 cm³/mol. The summed E-state index contributed by atoms with van der Waals surface area (Å²) in [6.07, 6.45) is 0. The number of nitrogen functional groups attached to an aromatic ring is 1. The average Bonchev–Trinajstić information content (AvgIpc) is 3.33. The van der Waals surface area contributed by atoms with Crippen LogP contribution in [0.1, 0.15) is 57.4 Å². The van der Waals surface area contributed by atoms with Crippen molar-refractivity contribution in [2.75, 3.05) is 21.7 Å². The number of carbonyl (C=O) groups is 6. The number of azo groups is 3. The molecule has 0 saturated heterocycles. The van der Waals surface area contributed by atoms with E-state index in [4.69, 9.17) is 10.5 Å². The molecule has 0 heterocycles. The fraction of sp³-hybridized carbons (Fsp3) is 0.0204. The van der Waals surface area contributed by atoms with Gasteiger partial charge >= 0.3 is 11.9 Å². The molecule has 7 aromatic carbocycles. The third kappa shape index (κ3) is 12.6. The zero-order chi connectivity index (χ0) is 48.2. The zero-order valence-corrected chi connectivity index (χ0v) is 35.5. The maximum atomic E-state index is 13.8. The Balaban J connectivity index is 1.09. The van der Waals surface area contributed by atoms with Crippen molar-refractivity contribution in [3.05, 3.63) is 185 Å². The second kappa shape index (κ2) is 21.1. The number of hydrogen-bond donors (Lipinski definition) is 6. The van der Waals surface area contributed by atoms with Crippen LogP contribution in [0.15, 0.2) is 182 Å². The minimum Gasteiger partial charge on any atom is -0.478 e. The van der Waals surface area contributed by atoms with E-state index in [0.29, 0.717) is 56.7 Å². The summed E-state index contributed by atoms with van der Waals surface area (Å²) < 4.78 is 4.77. The van der Waals surface area contributed by atoms with Crippen LogP contribution in [-0.2, 0) is 4.79 Å². The van der Waals surface area contributed by atoms with Gasteiger partial charge in [-0.15, -0.1) is 0 Å². The number of benzene rings is 7. The van der Waals surface area contributed by atoms with Gasteiger partial charge in [-0.1, -0.05) is 0 Å². The first kappa shape index (κ1) is 46.0. The van der Waals surface area contributed by atoms with Crippen molar-refractivity contribution in [2.24, 2.45) is 30.7 Å². The predicted octanol–water partition coefficient (Wildman–Crippen LogP) is 11.5. The lowest BCUT2D eigenvalue weighted by atomic mass is 10.0. The molecule has 0 atom stereocenters. The molecule has 0 unspecified atom stereocenters. The summed E-state index contributed by atoms with van der Waals surface area (Å²) in [5.74, 6) is -4.32. The van der Waals surface area contributed by atoms with Crippen LogP contribution < -0.4 is 26.4 Å². The summed E-state index contributed by atoms with van der Waals surface area (Å²) >= 11 is 0. The Hall–Kier alpha value is -10.0. The molecule has 336 valence electrons. The fourth-order valence-electron chi connectivity index (χ4n) is 6.18. The van der Waals surface area contributed by atoms with Crippen molar-refractivity contribution in [1.82, 2.24) is 0 Å². The highest BCUT2D eigenvalue weighted by Gasteiger charge is 2.18. The quantitative estimate of drug-likeness (QED) is 0.0303. The molecule has 68 heavy (non-hydrogen) atoms. The van der Waals surface area contributed by atoms with Gasteiger partial charge in [0.2, 0.25) is 0 Å². The van der Waals surface area contributed by atoms with Crippen LogP contribution in [0, 0.1) is 6.92 Å². The number of amides is 3. The molecule has 7 rings (SSSR count). The molecule has 0 aliphatic carbocycles. The Bertz CT molecular complexity index is 3160. The van der Waals surface area contributed by atoms with E-state index in [2.05, 4.69) is 46.6 Å². The molecule has 0 radical (unpaired) electrons. The van der Waals surface area contributed by atoms with Gasteiger partial charge in [-0.3, -0.25) is 19.2 Å². The van der Waals surface area contributed by atoms with E-state index < -0.39 is 29.7 Å². The first-order valence-electron chi connectivity index (χ1n) is 20.1. The Labute approximate surface area is 385 Å². The molecule has 0 saturated carbocycles. The fourth-order valence-corrected chi connectivity index (χ4v) is 6.18. The molecule has 19 nitrogen and oxygen atoms in total. The standard InChI is InChI=1S/C49H36N10O9/c1-28-18-32(48(64)65)23-42(19-28)58-56-40-14-8-36(9-15-40)52-46(62)30-20-29(45(61)51-35-6-12-39(13-7-35)55-54-38-4-2-34(50)3-5-38)21-31(22-30)47(63)53-37-10-16-41(17-11-37)57-59-43-24-33(49(66)67)25-44(26-43)68-27-60/h2-27H,50H2,1H3,(H,51,61)(H,52,62)(H,53,63)(H,64,65)(H,66,67). The van der Waals surface area contributed by atoms with Crippen molar-refractivity contribution in [3.8, 4) is 5.75 Å². The van der Waals surface area contributed by atoms with Crippen molar-refractivity contribution in [3.63, 3.8) is 0 Å². The van der Waals surface area contributed by atoms with Gasteiger partial charge in [0.05, 0.1) is 45.3 Å². The van der Waals surface area contributed by atoms with E-state index in [1.807, 2.05) is 0 Å². The monoisotopic (exact) mass is 908 g/mol. The van der Waals surface area contributed by atoms with Crippen LogP contribution >= 0.6 is 0 Å². The Morgan fingerprint density at radius 3 is 1.15 bits per heavy atom. The number of carbonyl (C=O) groups excluding carboxylic acids is 4. The number of aryl methyl sites for hydroxylation is 1. The molecule has 0 bridgehead atoms. The van der Waals surface area contributed by atoms with E-state index in [1.54, 1.807) is 85.8 Å². The number of hydrogen-bond acceptors (Lipinski definition) is 14. The van der Waals surface area contributed by atoms with E-state index in [1.165, 1.54) is 66.7 Å². The smallest absolute Gasteiger partial charge is 0.335 e. The number of anilines is 4. The second-order valence-corrected chi connectivity index (χ2v) is 14.6. The number of nitrogens with zero attached hydrogens (tertiary/aromatic N) is 6. The largest absolute Gasteiger partial charge is 0.478 e. The van der Waals surface area contributed by atoms with Gasteiger partial charge in [0, 0.05) is 45.5 Å². The lowest BCUT2D eigenvalue weighted by molar-refractivity contribution is -0.120. The van der Waals surface area contributed by atoms with Crippen LogP contribution in [0.25, 0.3) is 0 Å². The van der Waals surface area contributed by atoms with Crippen molar-refractivity contribution in [1.29, 1.82) is 0 Å². The minimum absolute atomic E-state index is 0.0164. The lowest BCUT2D eigenvalue weighted by Gasteiger charge is -2.12. The Kier molecular flexibility index (Phi) is 14.3. The number of carboxylic acids is 2. The van der Waals surface area contributed by atoms with E-state index in [-0.39, 0.29) is 45.7 Å². The SMILES string of the molecule is Cc1cc(N=Nc2ccc(NC(=O)c3cc(C(=O)Nc4ccc(N=Nc5ccc(N)cc5)cc4)cc(C(=O)Nc4ccc(N=Nc5cc(OC=O)cc(C(=O)O)c5)cc4)c3)cc2)cc(C(=O)O)c1. The Morgan fingerprint density at radius 1 is 0.441 bits per heavy atom. The molecular weight excluding hydrogens is 873 g/mol. The molecule has 0 aliphatic rings. The van der Waals surface area contributed by atoms with Gasteiger partial charge in [-0.2, -0.15) is 30.7 Å². The third-order valence-corrected chi connectivity index (χ3v) is 9.46. The van der Waals surface area contributed by atoms with E-state index in [0.717, 1.165) is 6.07 Å². The van der Waals surface area contributed by atoms with Crippen molar-refractivity contribution in [2.45, 2.75) is 6.92 Å². The summed E-state index contributed by atoms with van der Waals surface area (Å²) in [6, 6.07) is 38.2. The summed E-state index contributed by atoms with van der Waals surface area (Å²) in [5, 5.41) is 51.9. The number of ether oxygens (including phenoxy) is 1. The highest BCUT2D eigenvalue weighted by Crippen LogP contribution is 2.28. The van der Waals surface area contributed by atoms with Gasteiger partial charge in [-0.05, 0) is 158 Å². The molecule has 7 N–H and O–H groups in total. The van der Waals surface area contributed by atoms with Crippen LogP contribution in [0.2, 0.25) is 0 Å². The third-order valence-electron chi connectivity index (χ3n) is 9.46. The minimum atomic E-state index is -1.26. The molecule has 7 aromatic rings. The second-order valence-electron chi connectivity index (χ2n) is 14.6. The highest BCUT2D eigenvalue weighted by atomic mass is 16.5. The lowest BCUT2D eigenvalue weighted by Crippen LogP contribution is -2.19. The first-order valence-corrected chi connectivity index (χ1v) is 20.1. The van der Waals surface area contributed by atoms with Crippen molar-refractivity contribution < 1.29 is 43.7 Å². The Morgan fingerprint density at radius 2 is 0.779 bits per heavy atom. The van der Waals surface area contributed by atoms with Gasteiger partial charge in [0.25, 0.3) is 24.2 Å². The maximum Gasteiger partial charge on any atom is 0.335 e. The number of nitrogens with two attached hydrogens (primary N) is 1. The molecule has 0 fully saturated rings. The van der Waals surface area contributed by atoms with Crippen LogP contribution in [-0.4, -0.2) is 46.3 Å². The topological polar surface area (TPSA) is 288 Å². The van der Waals surface area contributed by atoms with Crippen LogP contribution in [0.5, 0.6) is 5.75 Å². The number of rotatable bonds is 16. The summed E-state index contributed by atoms with van der Waals surface area (Å²) in [6.45, 7) is 1.90. The van der Waals surface area contributed by atoms with Crippen LogP contribution in [0.4, 0.5) is 56.9 Å². The molecule has 0 aromatic heterocycles. The van der Waals surface area contributed by atoms with Crippen LogP contribution in [0.3, 0.4) is 0 Å². The number of carboxylic acid groups (broad SMARTS) is 2. The summed E-state index contributed by atoms with van der Waals surface area (Å²) in [4.78, 5) is 75.0. The molecule has 3 amide bonds. The van der Waals surface area contributed by atoms with E-state index in [9.17, 15) is 39.0 Å². The maximum absolute atomic E-state index is 13.8. The van der Waals surface area contributed by atoms with Gasteiger partial charge < -0.3 is 36.6 Å². The normalized spacial score (nSPS) is 11.1. The van der Waals surface area contributed by atoms with Gasteiger partial charge in [-0.25, -0.2) is 9.59 Å². The van der Waals surface area contributed by atoms with Gasteiger partial charge in [0.1, 0.15) is 5.75 Å². The first-order chi connectivity index (χ1) is 32.8. The average molecular weight is 909 g/mol. The molecule has 0 aliphatic heterocycles. The molecular formula is C49H36N10O9. The summed E-state index contributed by atoms with van der Waals surface area (Å²) in [5.41, 5.74) is 10.2. The molecule has 0 spiro atoms. The van der Waals surface area contributed by atoms with Crippen molar-refractivity contribution >= 4 is 93.0 Å². The summed E-state index contributed by atoms with van der Waals surface area (Å²) in [7, 11) is 0. The zero-order valence-electron chi connectivity index (χ0n) is 35.5.